The second kappa shape index (κ2) is 5.57. The number of fused-ring (bicyclic) bond motifs is 1. The molecule has 0 saturated carbocycles. The third-order valence-electron chi connectivity index (χ3n) is 2.85. The van der Waals surface area contributed by atoms with Gasteiger partial charge in [0.05, 0.1) is 6.61 Å². The molecule has 96 valence electrons. The highest BCUT2D eigenvalue weighted by Gasteiger charge is 2.09. The minimum absolute atomic E-state index is 0.323. The molecule has 0 fully saturated rings. The summed E-state index contributed by atoms with van der Waals surface area (Å²) in [7, 11) is 0. The molecule has 1 aromatic heterocycles. The molecule has 1 aromatic carbocycles. The van der Waals surface area contributed by atoms with Crippen LogP contribution in [0.1, 0.15) is 18.1 Å². The lowest BCUT2D eigenvalue weighted by Gasteiger charge is -2.11. The highest BCUT2D eigenvalue weighted by molar-refractivity contribution is 9.09. The number of hydrogen-bond acceptors (Lipinski definition) is 3. The zero-order valence-corrected chi connectivity index (χ0v) is 12.0. The minimum Gasteiger partial charge on any atom is -0.492 e. The minimum atomic E-state index is -0.323. The van der Waals surface area contributed by atoms with Gasteiger partial charge in [-0.15, -0.1) is 0 Å². The van der Waals surface area contributed by atoms with E-state index in [9.17, 15) is 4.79 Å². The molecule has 0 atom stereocenters. The zero-order valence-electron chi connectivity index (χ0n) is 10.5. The van der Waals surface area contributed by atoms with Gasteiger partial charge >= 0.3 is 5.63 Å². The van der Waals surface area contributed by atoms with Crippen LogP contribution in [0, 0.1) is 6.92 Å². The molecule has 0 unspecified atom stereocenters. The lowest BCUT2D eigenvalue weighted by atomic mass is 10.1. The number of alkyl halides is 1. The molecular weight excluding hydrogens is 296 g/mol. The summed E-state index contributed by atoms with van der Waals surface area (Å²) in [4.78, 5) is 11.4. The Hall–Kier alpha value is -1.29. The van der Waals surface area contributed by atoms with Crippen LogP contribution in [0.25, 0.3) is 11.0 Å². The van der Waals surface area contributed by atoms with E-state index in [1.165, 1.54) is 6.07 Å². The largest absolute Gasteiger partial charge is 0.492 e. The van der Waals surface area contributed by atoms with Crippen molar-refractivity contribution in [1.29, 1.82) is 0 Å². The lowest BCUT2D eigenvalue weighted by Crippen LogP contribution is -2.03. The topological polar surface area (TPSA) is 39.4 Å². The molecule has 0 N–H and O–H groups in total. The molecule has 3 nitrogen and oxygen atoms in total. The normalized spacial score (nSPS) is 10.8. The summed E-state index contributed by atoms with van der Waals surface area (Å²) in [6.45, 7) is 4.59. The molecule has 1 heterocycles. The molecule has 2 aromatic rings. The summed E-state index contributed by atoms with van der Waals surface area (Å²) < 4.78 is 10.9. The van der Waals surface area contributed by atoms with E-state index in [1.807, 2.05) is 19.1 Å². The molecule has 18 heavy (non-hydrogen) atoms. The maximum absolute atomic E-state index is 11.4. The summed E-state index contributed by atoms with van der Waals surface area (Å²) in [6, 6.07) is 5.36. The molecule has 0 aliphatic carbocycles. The Balaban J connectivity index is 2.61. The Kier molecular flexibility index (Phi) is 4.07. The summed E-state index contributed by atoms with van der Waals surface area (Å²) in [5.41, 5.74) is 2.32. The van der Waals surface area contributed by atoms with Crippen molar-refractivity contribution in [1.82, 2.24) is 0 Å². The van der Waals surface area contributed by atoms with Crippen LogP contribution in [-0.2, 0) is 6.42 Å². The highest BCUT2D eigenvalue weighted by atomic mass is 79.9. The van der Waals surface area contributed by atoms with E-state index >= 15 is 0 Å². The fourth-order valence-electron chi connectivity index (χ4n) is 1.95. The fourth-order valence-corrected chi connectivity index (χ4v) is 2.11. The number of benzene rings is 1. The smallest absolute Gasteiger partial charge is 0.336 e. The van der Waals surface area contributed by atoms with Crippen LogP contribution in [0.3, 0.4) is 0 Å². The molecule has 4 heteroatoms. The zero-order chi connectivity index (χ0) is 13.1. The third-order valence-corrected chi connectivity index (χ3v) is 3.17. The molecular formula is C14H15BrO3. The van der Waals surface area contributed by atoms with Crippen molar-refractivity contribution < 1.29 is 9.15 Å². The van der Waals surface area contributed by atoms with Crippen molar-refractivity contribution in [3.63, 3.8) is 0 Å². The summed E-state index contributed by atoms with van der Waals surface area (Å²) in [6.07, 6.45) is 0.881. The molecule has 0 bridgehead atoms. The van der Waals surface area contributed by atoms with Crippen LogP contribution in [0.4, 0.5) is 0 Å². The number of rotatable bonds is 4. The Morgan fingerprint density at radius 1 is 1.33 bits per heavy atom. The number of hydrogen-bond donors (Lipinski definition) is 0. The van der Waals surface area contributed by atoms with Gasteiger partial charge in [0.1, 0.15) is 11.3 Å². The van der Waals surface area contributed by atoms with Crippen molar-refractivity contribution in [3.8, 4) is 5.75 Å². The molecule has 2 rings (SSSR count). The lowest BCUT2D eigenvalue weighted by molar-refractivity contribution is 0.341. The van der Waals surface area contributed by atoms with Gasteiger partial charge in [0.15, 0.2) is 0 Å². The van der Waals surface area contributed by atoms with Gasteiger partial charge < -0.3 is 9.15 Å². The van der Waals surface area contributed by atoms with E-state index in [1.54, 1.807) is 0 Å². The van der Waals surface area contributed by atoms with Crippen LogP contribution in [0.15, 0.2) is 27.4 Å². The van der Waals surface area contributed by atoms with E-state index in [0.29, 0.717) is 12.2 Å². The van der Waals surface area contributed by atoms with Gasteiger partial charge in [-0.05, 0) is 30.5 Å². The summed E-state index contributed by atoms with van der Waals surface area (Å²) in [5.74, 6) is 0.790. The molecule has 0 amide bonds. The predicted molar refractivity (Wildman–Crippen MR) is 75.9 cm³/mol. The Bertz CT molecular complexity index is 616. The number of ether oxygens (including phenoxy) is 1. The van der Waals surface area contributed by atoms with Gasteiger partial charge in [0.2, 0.25) is 0 Å². The van der Waals surface area contributed by atoms with E-state index in [0.717, 1.165) is 34.0 Å². The number of halogens is 1. The molecule has 0 radical (unpaired) electrons. The molecule has 0 aliphatic rings. The Morgan fingerprint density at radius 2 is 2.11 bits per heavy atom. The van der Waals surface area contributed by atoms with Crippen LogP contribution >= 0.6 is 15.9 Å². The average molecular weight is 311 g/mol. The van der Waals surface area contributed by atoms with Crippen LogP contribution < -0.4 is 10.4 Å². The van der Waals surface area contributed by atoms with Crippen molar-refractivity contribution in [2.24, 2.45) is 0 Å². The first kappa shape index (κ1) is 13.1. The van der Waals surface area contributed by atoms with Crippen molar-refractivity contribution in [3.05, 3.63) is 39.7 Å². The Labute approximate surface area is 114 Å². The second-order valence-corrected chi connectivity index (χ2v) is 4.89. The summed E-state index contributed by atoms with van der Waals surface area (Å²) in [5, 5.41) is 1.74. The van der Waals surface area contributed by atoms with E-state index < -0.39 is 0 Å². The van der Waals surface area contributed by atoms with Crippen LogP contribution in [0.2, 0.25) is 0 Å². The van der Waals surface area contributed by atoms with Gasteiger partial charge in [-0.1, -0.05) is 22.9 Å². The maximum atomic E-state index is 11.4. The van der Waals surface area contributed by atoms with E-state index in [-0.39, 0.29) is 5.63 Å². The third kappa shape index (κ3) is 2.58. The first-order chi connectivity index (χ1) is 8.65. The van der Waals surface area contributed by atoms with Gasteiger partial charge in [-0.2, -0.15) is 0 Å². The Morgan fingerprint density at radius 3 is 2.78 bits per heavy atom. The predicted octanol–water partition coefficient (Wildman–Crippen LogP) is 3.44. The van der Waals surface area contributed by atoms with E-state index in [4.69, 9.17) is 9.15 Å². The van der Waals surface area contributed by atoms with Crippen molar-refractivity contribution in [2.45, 2.75) is 20.3 Å². The van der Waals surface area contributed by atoms with Crippen molar-refractivity contribution >= 4 is 26.9 Å². The van der Waals surface area contributed by atoms with Gasteiger partial charge in [0.25, 0.3) is 0 Å². The van der Waals surface area contributed by atoms with Gasteiger partial charge in [0, 0.05) is 22.8 Å². The first-order valence-electron chi connectivity index (χ1n) is 5.92. The first-order valence-corrected chi connectivity index (χ1v) is 7.04. The second-order valence-electron chi connectivity index (χ2n) is 4.10. The van der Waals surface area contributed by atoms with Crippen LogP contribution in [-0.4, -0.2) is 11.9 Å². The quantitative estimate of drug-likeness (QED) is 0.641. The van der Waals surface area contributed by atoms with Crippen molar-refractivity contribution in [2.75, 3.05) is 11.9 Å². The van der Waals surface area contributed by atoms with Gasteiger partial charge in [-0.25, -0.2) is 4.79 Å². The summed E-state index contributed by atoms with van der Waals surface area (Å²) >= 11 is 3.33. The SMILES string of the molecule is CCc1cc2c(C)cc(=O)oc2cc1OCCBr. The maximum Gasteiger partial charge on any atom is 0.336 e. The van der Waals surface area contributed by atoms with E-state index in [2.05, 4.69) is 22.9 Å². The molecule has 0 saturated heterocycles. The number of aryl methyl sites for hydroxylation is 2. The standard InChI is InChI=1S/C14H15BrO3/c1-3-10-7-11-9(2)6-14(16)18-13(11)8-12(10)17-5-4-15/h6-8H,3-5H2,1-2H3. The molecule has 0 aliphatic heterocycles. The van der Waals surface area contributed by atoms with Gasteiger partial charge in [-0.3, -0.25) is 0 Å². The highest BCUT2D eigenvalue weighted by Crippen LogP contribution is 2.27. The fraction of sp³-hybridized carbons (Fsp3) is 0.357. The average Bonchev–Trinajstić information content (AvgIpc) is 2.35. The molecule has 0 spiro atoms. The van der Waals surface area contributed by atoms with Crippen LogP contribution in [0.5, 0.6) is 5.75 Å². The monoisotopic (exact) mass is 310 g/mol.